The van der Waals surface area contributed by atoms with Crippen molar-refractivity contribution in [2.45, 2.75) is 4.90 Å². The number of nitrogens with zero attached hydrogens (tertiary/aromatic N) is 2. The molecule has 0 aliphatic heterocycles. The summed E-state index contributed by atoms with van der Waals surface area (Å²) in [5.41, 5.74) is 0.502. The van der Waals surface area contributed by atoms with E-state index >= 15 is 0 Å². The van der Waals surface area contributed by atoms with E-state index in [1.54, 1.807) is 0 Å². The predicted molar refractivity (Wildman–Crippen MR) is 86.2 cm³/mol. The molecule has 1 N–H and O–H groups in total. The first-order valence-corrected chi connectivity index (χ1v) is 8.12. The molecule has 0 fully saturated rings. The van der Waals surface area contributed by atoms with Crippen molar-refractivity contribution in [1.82, 2.24) is 0 Å². The summed E-state index contributed by atoms with van der Waals surface area (Å²) in [5, 5.41) is 18.0. The minimum Gasteiger partial charge on any atom is -0.493 e. The van der Waals surface area contributed by atoms with Gasteiger partial charge >= 0.3 is 0 Å². The number of methoxy groups -OCH3 is 2. The van der Waals surface area contributed by atoms with Gasteiger partial charge in [-0.2, -0.15) is 10.5 Å². The highest BCUT2D eigenvalue weighted by Crippen LogP contribution is 2.34. The number of ether oxygens (including phenoxy) is 2. The molecular weight excluding hydrogens is 330 g/mol. The Bertz CT molecular complexity index is 939. The Hall–Kier alpha value is -3.23. The zero-order chi connectivity index (χ0) is 17.7. The first kappa shape index (κ1) is 17.1. The molecule has 0 unspecified atom stereocenters. The van der Waals surface area contributed by atoms with Crippen molar-refractivity contribution in [1.29, 1.82) is 10.5 Å². The van der Waals surface area contributed by atoms with Crippen molar-refractivity contribution in [2.24, 2.45) is 0 Å². The zero-order valence-electron chi connectivity index (χ0n) is 12.9. The lowest BCUT2D eigenvalue weighted by Crippen LogP contribution is -2.14. The molecule has 0 bridgehead atoms. The van der Waals surface area contributed by atoms with Crippen LogP contribution in [0.1, 0.15) is 11.1 Å². The Labute approximate surface area is 139 Å². The number of anilines is 1. The number of hydrogen-bond acceptors (Lipinski definition) is 6. The van der Waals surface area contributed by atoms with E-state index in [1.807, 2.05) is 12.1 Å². The third kappa shape index (κ3) is 3.40. The van der Waals surface area contributed by atoms with Crippen LogP contribution in [0.2, 0.25) is 0 Å². The Morgan fingerprint density at radius 2 is 1.54 bits per heavy atom. The largest absolute Gasteiger partial charge is 0.493 e. The lowest BCUT2D eigenvalue weighted by Gasteiger charge is -2.13. The first-order chi connectivity index (χ1) is 11.4. The van der Waals surface area contributed by atoms with E-state index in [0.29, 0.717) is 11.3 Å². The van der Waals surface area contributed by atoms with Gasteiger partial charge in [-0.25, -0.2) is 8.42 Å². The molecule has 0 spiro atoms. The number of hydrogen-bond donors (Lipinski definition) is 1. The molecule has 24 heavy (non-hydrogen) atoms. The van der Waals surface area contributed by atoms with Gasteiger partial charge in [-0.1, -0.05) is 0 Å². The minimum atomic E-state index is -3.92. The van der Waals surface area contributed by atoms with Crippen LogP contribution < -0.4 is 14.2 Å². The molecule has 2 aromatic carbocycles. The average Bonchev–Trinajstić information content (AvgIpc) is 2.61. The highest BCUT2D eigenvalue weighted by molar-refractivity contribution is 7.92. The van der Waals surface area contributed by atoms with E-state index in [0.717, 1.165) is 0 Å². The fourth-order valence-corrected chi connectivity index (χ4v) is 3.04. The summed E-state index contributed by atoms with van der Waals surface area (Å²) in [6.45, 7) is 0. The van der Waals surface area contributed by atoms with Crippen LogP contribution in [0.4, 0.5) is 5.69 Å². The average molecular weight is 343 g/mol. The number of rotatable bonds is 5. The summed E-state index contributed by atoms with van der Waals surface area (Å²) >= 11 is 0. The van der Waals surface area contributed by atoms with Gasteiger partial charge in [0.05, 0.1) is 42.0 Å². The van der Waals surface area contributed by atoms with Crippen LogP contribution in [-0.4, -0.2) is 22.6 Å². The SMILES string of the molecule is COc1cc(C#N)c(NS(=O)(=O)c2ccc(C#N)cc2)cc1OC. The number of nitriles is 2. The first-order valence-electron chi connectivity index (χ1n) is 6.64. The highest BCUT2D eigenvalue weighted by atomic mass is 32.2. The standard InChI is InChI=1S/C16H13N3O4S/c1-22-15-7-12(10-18)14(8-16(15)23-2)19-24(20,21)13-5-3-11(9-17)4-6-13/h3-8,19H,1-2H3. The van der Waals surface area contributed by atoms with Crippen molar-refractivity contribution in [3.05, 3.63) is 47.5 Å². The van der Waals surface area contributed by atoms with Gasteiger partial charge in [0.1, 0.15) is 6.07 Å². The van der Waals surface area contributed by atoms with Crippen molar-refractivity contribution in [3.63, 3.8) is 0 Å². The van der Waals surface area contributed by atoms with Crippen molar-refractivity contribution in [2.75, 3.05) is 18.9 Å². The lowest BCUT2D eigenvalue weighted by atomic mass is 10.2. The Morgan fingerprint density at radius 3 is 2.04 bits per heavy atom. The van der Waals surface area contributed by atoms with Gasteiger partial charge in [-0.15, -0.1) is 0 Å². The molecule has 0 saturated heterocycles. The maximum absolute atomic E-state index is 12.4. The molecule has 0 heterocycles. The fraction of sp³-hybridized carbons (Fsp3) is 0.125. The molecule has 8 heteroatoms. The predicted octanol–water partition coefficient (Wildman–Crippen LogP) is 2.25. The summed E-state index contributed by atoms with van der Waals surface area (Å²) in [7, 11) is -1.10. The van der Waals surface area contributed by atoms with Gasteiger partial charge in [-0.3, -0.25) is 4.72 Å². The van der Waals surface area contributed by atoms with Crippen molar-refractivity contribution < 1.29 is 17.9 Å². The fourth-order valence-electron chi connectivity index (χ4n) is 1.97. The second-order valence-electron chi connectivity index (χ2n) is 4.61. The Balaban J connectivity index is 2.45. The summed E-state index contributed by atoms with van der Waals surface area (Å²) < 4.78 is 37.5. The van der Waals surface area contributed by atoms with Gasteiger partial charge in [0, 0.05) is 12.1 Å². The molecule has 0 aromatic heterocycles. The third-order valence-electron chi connectivity index (χ3n) is 3.18. The third-order valence-corrected chi connectivity index (χ3v) is 4.56. The summed E-state index contributed by atoms with van der Waals surface area (Å²) in [6.07, 6.45) is 0. The van der Waals surface area contributed by atoms with E-state index < -0.39 is 10.0 Å². The van der Waals surface area contributed by atoms with Crippen LogP contribution in [0.25, 0.3) is 0 Å². The van der Waals surface area contributed by atoms with Crippen LogP contribution >= 0.6 is 0 Å². The van der Waals surface area contributed by atoms with Crippen LogP contribution in [0.3, 0.4) is 0 Å². The Kier molecular flexibility index (Phi) is 4.93. The molecule has 0 aliphatic carbocycles. The Morgan fingerprint density at radius 1 is 0.958 bits per heavy atom. The van der Waals surface area contributed by atoms with Crippen molar-refractivity contribution >= 4 is 15.7 Å². The number of benzene rings is 2. The molecule has 0 saturated carbocycles. The maximum atomic E-state index is 12.4. The lowest BCUT2D eigenvalue weighted by molar-refractivity contribution is 0.355. The van der Waals surface area contributed by atoms with Crippen LogP contribution in [0.5, 0.6) is 11.5 Å². The molecule has 0 radical (unpaired) electrons. The number of nitrogens with one attached hydrogen (secondary N) is 1. The normalized spacial score (nSPS) is 10.3. The molecule has 0 atom stereocenters. The van der Waals surface area contributed by atoms with Crippen LogP contribution in [-0.2, 0) is 10.0 Å². The quantitative estimate of drug-likeness (QED) is 0.891. The van der Waals surface area contributed by atoms with E-state index in [1.165, 1.54) is 50.6 Å². The summed E-state index contributed by atoms with van der Waals surface area (Å²) in [5.74, 6) is 0.601. The molecule has 122 valence electrons. The van der Waals surface area contributed by atoms with Crippen molar-refractivity contribution in [3.8, 4) is 23.6 Å². The molecule has 2 aromatic rings. The molecule has 7 nitrogen and oxygen atoms in total. The van der Waals surface area contributed by atoms with Gasteiger partial charge in [0.2, 0.25) is 0 Å². The smallest absolute Gasteiger partial charge is 0.261 e. The van der Waals surface area contributed by atoms with Gasteiger partial charge in [-0.05, 0) is 24.3 Å². The van der Waals surface area contributed by atoms with E-state index in [2.05, 4.69) is 4.72 Å². The number of sulfonamides is 1. The summed E-state index contributed by atoms with van der Waals surface area (Å²) in [4.78, 5) is -0.0276. The molecular formula is C16H13N3O4S. The summed E-state index contributed by atoms with van der Waals surface area (Å²) in [6, 6.07) is 12.0. The van der Waals surface area contributed by atoms with E-state index in [9.17, 15) is 13.7 Å². The maximum Gasteiger partial charge on any atom is 0.261 e. The second-order valence-corrected chi connectivity index (χ2v) is 6.29. The zero-order valence-corrected chi connectivity index (χ0v) is 13.7. The molecule has 2 rings (SSSR count). The van der Waals surface area contributed by atoms with E-state index in [-0.39, 0.29) is 21.9 Å². The second kappa shape index (κ2) is 6.90. The molecule has 0 amide bonds. The van der Waals surface area contributed by atoms with Gasteiger partial charge in [0.25, 0.3) is 10.0 Å². The highest BCUT2D eigenvalue weighted by Gasteiger charge is 2.18. The molecule has 0 aliphatic rings. The minimum absolute atomic E-state index is 0.0276. The van der Waals surface area contributed by atoms with Gasteiger partial charge in [0.15, 0.2) is 11.5 Å². The van der Waals surface area contributed by atoms with Gasteiger partial charge < -0.3 is 9.47 Å². The van der Waals surface area contributed by atoms with E-state index in [4.69, 9.17) is 14.7 Å². The topological polar surface area (TPSA) is 112 Å². The van der Waals surface area contributed by atoms with Crippen LogP contribution in [0.15, 0.2) is 41.3 Å². The van der Waals surface area contributed by atoms with Crippen LogP contribution in [0, 0.1) is 22.7 Å². The monoisotopic (exact) mass is 343 g/mol.